The molecule has 1 aliphatic heterocycles. The number of benzene rings is 1. The molecule has 2 aromatic heterocycles. The maximum Gasteiger partial charge on any atom is 0.257 e. The number of hydrogen-bond acceptors (Lipinski definition) is 7. The Labute approximate surface area is 179 Å². The van der Waals surface area contributed by atoms with Crippen LogP contribution >= 0.6 is 11.3 Å². The maximum atomic E-state index is 12.9. The summed E-state index contributed by atoms with van der Waals surface area (Å²) in [4.78, 5) is 21.9. The first-order chi connectivity index (χ1) is 14.4. The van der Waals surface area contributed by atoms with E-state index in [1.54, 1.807) is 19.4 Å². The average molecular weight is 428 g/mol. The van der Waals surface area contributed by atoms with Crippen molar-refractivity contribution in [2.75, 3.05) is 32.2 Å². The topological polar surface area (TPSA) is 82.6 Å². The summed E-state index contributed by atoms with van der Waals surface area (Å²) in [6, 6.07) is 7.38. The van der Waals surface area contributed by atoms with Crippen molar-refractivity contribution in [2.45, 2.75) is 32.3 Å². The van der Waals surface area contributed by atoms with Crippen molar-refractivity contribution < 1.29 is 19.0 Å². The molecule has 1 unspecified atom stereocenters. The molecule has 3 aromatic rings. The molecule has 1 aliphatic rings. The molecule has 1 aromatic carbocycles. The Morgan fingerprint density at radius 2 is 2.10 bits per heavy atom. The molecule has 0 radical (unpaired) electrons. The van der Waals surface area contributed by atoms with E-state index in [1.165, 1.54) is 11.3 Å². The Balaban J connectivity index is 1.65. The molecule has 4 rings (SSSR count). The van der Waals surface area contributed by atoms with Crippen LogP contribution in [0.5, 0.6) is 5.75 Å². The number of aromatic nitrogens is 2. The standard InChI is InChI=1S/C22H25N3O4S/c1-22(2,3)17-11-13(7-8-23-17)20(26)25-21-24-18-15(27-4)6-5-14(19(18)30-21)16-12-28-9-10-29-16/h5-8,11,16H,9-10,12H2,1-4H3,(H,24,25,26). The van der Waals surface area contributed by atoms with Crippen LogP contribution in [0.1, 0.15) is 48.5 Å². The lowest BCUT2D eigenvalue weighted by molar-refractivity contribution is -0.0895. The molecule has 8 heteroatoms. The number of pyridine rings is 1. The van der Waals surface area contributed by atoms with Gasteiger partial charge >= 0.3 is 0 Å². The predicted molar refractivity (Wildman–Crippen MR) is 117 cm³/mol. The predicted octanol–water partition coefficient (Wildman–Crippen LogP) is 4.34. The molecular formula is C22H25N3O4S. The summed E-state index contributed by atoms with van der Waals surface area (Å²) in [7, 11) is 1.61. The average Bonchev–Trinajstić information content (AvgIpc) is 3.16. The zero-order chi connectivity index (χ0) is 21.3. The van der Waals surface area contributed by atoms with E-state index >= 15 is 0 Å². The first-order valence-electron chi connectivity index (χ1n) is 9.81. The summed E-state index contributed by atoms with van der Waals surface area (Å²) >= 11 is 1.41. The number of carbonyl (C=O) groups is 1. The molecule has 0 spiro atoms. The molecule has 1 saturated heterocycles. The summed E-state index contributed by atoms with van der Waals surface area (Å²) in [5.41, 5.74) is 2.96. The highest BCUT2D eigenvalue weighted by Gasteiger charge is 2.23. The number of anilines is 1. The van der Waals surface area contributed by atoms with Gasteiger partial charge in [-0.1, -0.05) is 38.2 Å². The van der Waals surface area contributed by atoms with Gasteiger partial charge in [0.1, 0.15) is 17.4 Å². The van der Waals surface area contributed by atoms with Crippen molar-refractivity contribution in [2.24, 2.45) is 0 Å². The lowest BCUT2D eigenvalue weighted by Gasteiger charge is -2.23. The second-order valence-corrected chi connectivity index (χ2v) is 9.12. The zero-order valence-corrected chi connectivity index (χ0v) is 18.3. The summed E-state index contributed by atoms with van der Waals surface area (Å²) in [6.45, 7) is 7.84. The SMILES string of the molecule is COc1ccc(C2COCCO2)c2sc(NC(=O)c3ccnc(C(C)(C)C)c3)nc12. The van der Waals surface area contributed by atoms with Gasteiger partial charge in [0.2, 0.25) is 0 Å². The molecule has 0 aliphatic carbocycles. The van der Waals surface area contributed by atoms with Crippen LogP contribution in [0.25, 0.3) is 10.2 Å². The molecule has 7 nitrogen and oxygen atoms in total. The zero-order valence-electron chi connectivity index (χ0n) is 17.5. The lowest BCUT2D eigenvalue weighted by Crippen LogP contribution is -2.21. The number of nitrogens with zero attached hydrogens (tertiary/aromatic N) is 2. The maximum absolute atomic E-state index is 12.9. The van der Waals surface area contributed by atoms with Gasteiger partial charge in [0, 0.05) is 28.4 Å². The minimum Gasteiger partial charge on any atom is -0.494 e. The van der Waals surface area contributed by atoms with Crippen molar-refractivity contribution >= 4 is 32.6 Å². The summed E-state index contributed by atoms with van der Waals surface area (Å²) < 4.78 is 17.8. The molecule has 158 valence electrons. The van der Waals surface area contributed by atoms with Crippen molar-refractivity contribution in [1.29, 1.82) is 0 Å². The monoisotopic (exact) mass is 427 g/mol. The van der Waals surface area contributed by atoms with E-state index in [2.05, 4.69) is 36.1 Å². The molecule has 1 N–H and O–H groups in total. The van der Waals surface area contributed by atoms with Crippen molar-refractivity contribution in [3.05, 3.63) is 47.3 Å². The Bertz CT molecular complexity index is 1070. The third kappa shape index (κ3) is 4.16. The number of methoxy groups -OCH3 is 1. The number of thiazole rings is 1. The van der Waals surface area contributed by atoms with Gasteiger partial charge in [0.25, 0.3) is 5.91 Å². The van der Waals surface area contributed by atoms with Gasteiger partial charge < -0.3 is 14.2 Å². The number of ether oxygens (including phenoxy) is 3. The third-order valence-electron chi connectivity index (χ3n) is 4.93. The van der Waals surface area contributed by atoms with E-state index in [0.717, 1.165) is 16.0 Å². The van der Waals surface area contributed by atoms with Gasteiger partial charge in [-0.15, -0.1) is 0 Å². The minimum absolute atomic E-state index is 0.142. The Morgan fingerprint density at radius 1 is 1.27 bits per heavy atom. The van der Waals surface area contributed by atoms with E-state index in [4.69, 9.17) is 14.2 Å². The van der Waals surface area contributed by atoms with Gasteiger partial charge in [-0.25, -0.2) is 4.98 Å². The highest BCUT2D eigenvalue weighted by molar-refractivity contribution is 7.22. The summed E-state index contributed by atoms with van der Waals surface area (Å²) in [6.07, 6.45) is 1.50. The number of hydrogen-bond donors (Lipinski definition) is 1. The highest BCUT2D eigenvalue weighted by Crippen LogP contribution is 2.39. The number of nitrogens with one attached hydrogen (secondary N) is 1. The Morgan fingerprint density at radius 3 is 2.80 bits per heavy atom. The van der Waals surface area contributed by atoms with E-state index in [1.807, 2.05) is 18.2 Å². The van der Waals surface area contributed by atoms with Crippen LogP contribution < -0.4 is 10.1 Å². The van der Waals surface area contributed by atoms with E-state index < -0.39 is 0 Å². The minimum atomic E-state index is -0.222. The molecule has 1 amide bonds. The van der Waals surface area contributed by atoms with Crippen LogP contribution in [-0.2, 0) is 14.9 Å². The van der Waals surface area contributed by atoms with E-state index in [9.17, 15) is 4.79 Å². The quantitative estimate of drug-likeness (QED) is 0.667. The van der Waals surface area contributed by atoms with Crippen LogP contribution in [0.4, 0.5) is 5.13 Å². The molecule has 1 fully saturated rings. The fraction of sp³-hybridized carbons (Fsp3) is 0.409. The van der Waals surface area contributed by atoms with Crippen LogP contribution in [0.2, 0.25) is 0 Å². The van der Waals surface area contributed by atoms with Crippen LogP contribution in [0.15, 0.2) is 30.5 Å². The first-order valence-corrected chi connectivity index (χ1v) is 10.6. The second kappa shape index (κ2) is 8.29. The first kappa shape index (κ1) is 20.7. The smallest absolute Gasteiger partial charge is 0.257 e. The van der Waals surface area contributed by atoms with Gasteiger partial charge in [-0.05, 0) is 18.2 Å². The molecule has 0 saturated carbocycles. The summed E-state index contributed by atoms with van der Waals surface area (Å²) in [5.74, 6) is 0.431. The van der Waals surface area contributed by atoms with Crippen LogP contribution in [-0.4, -0.2) is 42.8 Å². The Hall–Kier alpha value is -2.55. The number of fused-ring (bicyclic) bond motifs is 1. The molecular weight excluding hydrogens is 402 g/mol. The largest absolute Gasteiger partial charge is 0.494 e. The molecule has 3 heterocycles. The number of amides is 1. The second-order valence-electron chi connectivity index (χ2n) is 8.12. The number of rotatable bonds is 4. The van der Waals surface area contributed by atoms with E-state index in [-0.39, 0.29) is 17.4 Å². The molecule has 1 atom stereocenters. The Kier molecular flexibility index (Phi) is 5.73. The highest BCUT2D eigenvalue weighted by atomic mass is 32.1. The van der Waals surface area contributed by atoms with Gasteiger partial charge in [-0.2, -0.15) is 0 Å². The van der Waals surface area contributed by atoms with Gasteiger partial charge in [-0.3, -0.25) is 15.1 Å². The lowest BCUT2D eigenvalue weighted by atomic mass is 9.91. The summed E-state index contributed by atoms with van der Waals surface area (Å²) in [5, 5.41) is 3.43. The fourth-order valence-corrected chi connectivity index (χ4v) is 4.33. The van der Waals surface area contributed by atoms with Crippen LogP contribution in [0, 0.1) is 0 Å². The third-order valence-corrected chi connectivity index (χ3v) is 5.95. The van der Waals surface area contributed by atoms with Crippen LogP contribution in [0.3, 0.4) is 0 Å². The molecule has 30 heavy (non-hydrogen) atoms. The normalized spacial score (nSPS) is 17.1. The van der Waals surface area contributed by atoms with Crippen molar-refractivity contribution in [3.8, 4) is 5.75 Å². The van der Waals surface area contributed by atoms with Gasteiger partial charge in [0.15, 0.2) is 5.13 Å². The fourth-order valence-electron chi connectivity index (χ4n) is 3.29. The van der Waals surface area contributed by atoms with Gasteiger partial charge in [0.05, 0.1) is 31.6 Å². The molecule has 0 bridgehead atoms. The number of carbonyl (C=O) groups excluding carboxylic acids is 1. The van der Waals surface area contributed by atoms with E-state index in [0.29, 0.717) is 41.8 Å². The van der Waals surface area contributed by atoms with Crippen molar-refractivity contribution in [1.82, 2.24) is 9.97 Å². The van der Waals surface area contributed by atoms with Crippen molar-refractivity contribution in [3.63, 3.8) is 0 Å².